The van der Waals surface area contributed by atoms with Crippen molar-refractivity contribution in [2.45, 2.75) is 18.3 Å². The molecule has 2 aliphatic heterocycles. The molecular formula is C24H26N2O3. The summed E-state index contributed by atoms with van der Waals surface area (Å²) in [5.74, 6) is 1.81. The molecule has 1 saturated heterocycles. The molecule has 0 radical (unpaired) electrons. The van der Waals surface area contributed by atoms with Gasteiger partial charge in [0.05, 0.1) is 5.41 Å². The minimum atomic E-state index is -0.351. The van der Waals surface area contributed by atoms with Gasteiger partial charge in [-0.05, 0) is 36.1 Å². The topological polar surface area (TPSA) is 42.0 Å². The summed E-state index contributed by atoms with van der Waals surface area (Å²) in [5, 5.41) is 0. The van der Waals surface area contributed by atoms with Crippen molar-refractivity contribution in [2.75, 3.05) is 39.5 Å². The molecule has 0 N–H and O–H groups in total. The SMILES string of the molecule is O=C(N1CCN(C/C=C/c2ccccc2)CC1)C1(c2ccc3c(c2)OCO3)CC1. The van der Waals surface area contributed by atoms with Crippen LogP contribution in [-0.4, -0.2) is 55.2 Å². The molecule has 0 atom stereocenters. The lowest BCUT2D eigenvalue weighted by Gasteiger charge is -2.36. The Kier molecular flexibility index (Phi) is 4.76. The summed E-state index contributed by atoms with van der Waals surface area (Å²) in [6.45, 7) is 4.61. The number of benzene rings is 2. The van der Waals surface area contributed by atoms with Gasteiger partial charge in [-0.3, -0.25) is 9.69 Å². The van der Waals surface area contributed by atoms with Gasteiger partial charge in [0.1, 0.15) is 0 Å². The number of hydrogen-bond donors (Lipinski definition) is 0. The van der Waals surface area contributed by atoms with E-state index in [1.54, 1.807) is 0 Å². The molecule has 1 amide bonds. The van der Waals surface area contributed by atoms with Crippen molar-refractivity contribution in [2.24, 2.45) is 0 Å². The summed E-state index contributed by atoms with van der Waals surface area (Å²) < 4.78 is 10.9. The van der Waals surface area contributed by atoms with Crippen LogP contribution in [0.15, 0.2) is 54.6 Å². The number of fused-ring (bicyclic) bond motifs is 1. The monoisotopic (exact) mass is 390 g/mol. The van der Waals surface area contributed by atoms with Crippen LogP contribution < -0.4 is 9.47 Å². The van der Waals surface area contributed by atoms with Gasteiger partial charge in [-0.1, -0.05) is 48.6 Å². The standard InChI is InChI=1S/C24H26N2O3/c27-23(24(10-11-24)20-8-9-21-22(17-20)29-18-28-21)26-15-13-25(14-16-26)12-4-7-19-5-2-1-3-6-19/h1-9,17H,10-16,18H2/b7-4+. The third kappa shape index (κ3) is 3.62. The van der Waals surface area contributed by atoms with Gasteiger partial charge in [0, 0.05) is 32.7 Å². The highest BCUT2D eigenvalue weighted by Gasteiger charge is 2.53. The molecule has 29 heavy (non-hydrogen) atoms. The number of carbonyl (C=O) groups excluding carboxylic acids is 1. The second kappa shape index (κ2) is 7.56. The van der Waals surface area contributed by atoms with E-state index in [4.69, 9.17) is 9.47 Å². The molecule has 150 valence electrons. The normalized spacial score (nSPS) is 20.2. The fraction of sp³-hybridized carbons (Fsp3) is 0.375. The Labute approximate surface area is 171 Å². The number of hydrogen-bond acceptors (Lipinski definition) is 4. The minimum Gasteiger partial charge on any atom is -0.454 e. The Morgan fingerprint density at radius 3 is 2.48 bits per heavy atom. The maximum absolute atomic E-state index is 13.3. The fourth-order valence-electron chi connectivity index (χ4n) is 4.28. The number of nitrogens with zero attached hydrogens (tertiary/aromatic N) is 2. The van der Waals surface area contributed by atoms with Gasteiger partial charge in [-0.2, -0.15) is 0 Å². The van der Waals surface area contributed by atoms with Crippen LogP contribution in [-0.2, 0) is 10.2 Å². The summed E-state index contributed by atoms with van der Waals surface area (Å²) >= 11 is 0. The number of rotatable bonds is 5. The highest BCUT2D eigenvalue weighted by atomic mass is 16.7. The van der Waals surface area contributed by atoms with Crippen molar-refractivity contribution in [3.63, 3.8) is 0 Å². The molecule has 0 aromatic heterocycles. The summed E-state index contributed by atoms with van der Waals surface area (Å²) in [4.78, 5) is 17.8. The Bertz CT molecular complexity index is 913. The highest BCUT2D eigenvalue weighted by Crippen LogP contribution is 2.51. The predicted octanol–water partition coefficient (Wildman–Crippen LogP) is 3.30. The zero-order valence-electron chi connectivity index (χ0n) is 16.5. The van der Waals surface area contributed by atoms with Gasteiger partial charge >= 0.3 is 0 Å². The average Bonchev–Trinajstić information content (AvgIpc) is 3.45. The summed E-state index contributed by atoms with van der Waals surface area (Å²) in [6.07, 6.45) is 6.22. The molecule has 1 aliphatic carbocycles. The molecule has 5 rings (SSSR count). The van der Waals surface area contributed by atoms with Crippen LogP contribution in [0.4, 0.5) is 0 Å². The van der Waals surface area contributed by atoms with Gasteiger partial charge in [0.25, 0.3) is 0 Å². The van der Waals surface area contributed by atoms with E-state index in [9.17, 15) is 4.79 Å². The molecular weight excluding hydrogens is 364 g/mol. The fourth-order valence-corrected chi connectivity index (χ4v) is 4.28. The zero-order chi connectivity index (χ0) is 19.7. The van der Waals surface area contributed by atoms with Crippen LogP contribution in [0.3, 0.4) is 0 Å². The zero-order valence-corrected chi connectivity index (χ0v) is 16.5. The van der Waals surface area contributed by atoms with Crippen molar-refractivity contribution in [1.82, 2.24) is 9.80 Å². The van der Waals surface area contributed by atoms with Crippen LogP contribution in [0.2, 0.25) is 0 Å². The van der Waals surface area contributed by atoms with Crippen molar-refractivity contribution in [1.29, 1.82) is 0 Å². The molecule has 0 bridgehead atoms. The van der Waals surface area contributed by atoms with Gasteiger partial charge in [0.2, 0.25) is 12.7 Å². The van der Waals surface area contributed by atoms with Gasteiger partial charge < -0.3 is 14.4 Å². The van der Waals surface area contributed by atoms with E-state index in [1.165, 1.54) is 5.56 Å². The number of carbonyl (C=O) groups is 1. The second-order valence-electron chi connectivity index (χ2n) is 8.06. The first-order valence-corrected chi connectivity index (χ1v) is 10.4. The van der Waals surface area contributed by atoms with Crippen LogP contribution >= 0.6 is 0 Å². The Morgan fingerprint density at radius 2 is 1.72 bits per heavy atom. The molecule has 2 aromatic rings. The molecule has 0 spiro atoms. The van der Waals surface area contributed by atoms with Gasteiger partial charge in [0.15, 0.2) is 11.5 Å². The van der Waals surface area contributed by atoms with Crippen LogP contribution in [0.25, 0.3) is 6.08 Å². The van der Waals surface area contributed by atoms with Crippen LogP contribution in [0.1, 0.15) is 24.0 Å². The molecule has 0 unspecified atom stereocenters. The van der Waals surface area contributed by atoms with Crippen LogP contribution in [0.5, 0.6) is 11.5 Å². The third-order valence-corrected chi connectivity index (χ3v) is 6.22. The summed E-state index contributed by atoms with van der Waals surface area (Å²) in [7, 11) is 0. The molecule has 5 heteroatoms. The molecule has 3 aliphatic rings. The maximum atomic E-state index is 13.3. The highest BCUT2D eigenvalue weighted by molar-refractivity contribution is 5.91. The van der Waals surface area contributed by atoms with E-state index >= 15 is 0 Å². The Balaban J connectivity index is 1.18. The van der Waals surface area contributed by atoms with Crippen molar-refractivity contribution >= 4 is 12.0 Å². The second-order valence-corrected chi connectivity index (χ2v) is 8.06. The lowest BCUT2D eigenvalue weighted by atomic mass is 9.93. The summed E-state index contributed by atoms with van der Waals surface area (Å²) in [5.41, 5.74) is 1.94. The van der Waals surface area contributed by atoms with Crippen LogP contribution in [0, 0.1) is 0 Å². The predicted molar refractivity (Wildman–Crippen MR) is 112 cm³/mol. The van der Waals surface area contributed by atoms with Gasteiger partial charge in [-0.15, -0.1) is 0 Å². The van der Waals surface area contributed by atoms with Crippen molar-refractivity contribution < 1.29 is 14.3 Å². The van der Waals surface area contributed by atoms with E-state index in [-0.39, 0.29) is 18.1 Å². The Morgan fingerprint density at radius 1 is 0.966 bits per heavy atom. The van der Waals surface area contributed by atoms with Crippen molar-refractivity contribution in [3.8, 4) is 11.5 Å². The van der Waals surface area contributed by atoms with E-state index in [0.717, 1.165) is 62.6 Å². The minimum absolute atomic E-state index is 0.264. The lowest BCUT2D eigenvalue weighted by molar-refractivity contribution is -0.135. The average molecular weight is 390 g/mol. The van der Waals surface area contributed by atoms with E-state index < -0.39 is 0 Å². The lowest BCUT2D eigenvalue weighted by Crippen LogP contribution is -2.51. The molecule has 2 heterocycles. The quantitative estimate of drug-likeness (QED) is 0.786. The van der Waals surface area contributed by atoms with Gasteiger partial charge in [-0.25, -0.2) is 0 Å². The summed E-state index contributed by atoms with van der Waals surface area (Å²) in [6, 6.07) is 16.3. The molecule has 1 saturated carbocycles. The number of piperazine rings is 1. The number of amides is 1. The van der Waals surface area contributed by atoms with Crippen molar-refractivity contribution in [3.05, 3.63) is 65.7 Å². The van der Waals surface area contributed by atoms with E-state index in [2.05, 4.69) is 46.2 Å². The van der Waals surface area contributed by atoms with E-state index in [0.29, 0.717) is 0 Å². The smallest absolute Gasteiger partial charge is 0.233 e. The first-order valence-electron chi connectivity index (χ1n) is 10.4. The van der Waals surface area contributed by atoms with E-state index in [1.807, 2.05) is 24.3 Å². The maximum Gasteiger partial charge on any atom is 0.233 e. The molecule has 2 fully saturated rings. The Hall–Kier alpha value is -2.79. The largest absolute Gasteiger partial charge is 0.454 e. The molecule has 2 aromatic carbocycles. The molecule has 5 nitrogen and oxygen atoms in total. The third-order valence-electron chi connectivity index (χ3n) is 6.22. The number of ether oxygens (including phenoxy) is 2. The first-order chi connectivity index (χ1) is 14.2. The first kappa shape index (κ1) is 18.3.